The fourth-order valence-electron chi connectivity index (χ4n) is 0.277. The summed E-state index contributed by atoms with van der Waals surface area (Å²) in [4.78, 5) is 10.2. The maximum Gasteiger partial charge on any atom is 0.762 e. The van der Waals surface area contributed by atoms with Crippen molar-refractivity contribution < 1.29 is 27.2 Å². The second-order valence-electron chi connectivity index (χ2n) is 1.36. The Labute approximate surface area is 69.1 Å². The largest absolute Gasteiger partial charge is 0.762 e. The molecule has 0 aliphatic rings. The molecule has 0 N–H and O–H groups in total. The highest BCUT2D eigenvalue weighted by molar-refractivity contribution is 6.33. The Hall–Kier alpha value is -0.875. The molecule has 72 valence electrons. The Bertz CT molecular complexity index is 101. The van der Waals surface area contributed by atoms with E-state index in [0.717, 1.165) is 0 Å². The van der Waals surface area contributed by atoms with E-state index in [1.165, 1.54) is 0 Å². The van der Waals surface area contributed by atoms with Crippen molar-refractivity contribution in [1.29, 1.82) is 0 Å². The number of hydrogen-bond acceptors (Lipinski definition) is 3. The van der Waals surface area contributed by atoms with Gasteiger partial charge in [-0.05, 0) is 13.8 Å². The number of hydrogen-bond donors (Lipinski definition) is 0. The highest BCUT2D eigenvalue weighted by Crippen LogP contribution is 1.82. The molecule has 0 unspecified atom stereocenters. The second-order valence-corrected chi connectivity index (χ2v) is 1.36. The van der Waals surface area contributed by atoms with Crippen molar-refractivity contribution in [3.63, 3.8) is 0 Å². The lowest BCUT2D eigenvalue weighted by atomic mass is 10.5. The molecule has 0 spiro atoms. The van der Waals surface area contributed by atoms with Crippen LogP contribution in [0.2, 0.25) is 0 Å². The first kappa shape index (κ1) is 13.7. The van der Waals surface area contributed by atoms with E-state index in [9.17, 15) is 17.7 Å². The van der Waals surface area contributed by atoms with Crippen LogP contribution in [0.5, 0.6) is 0 Å². The summed E-state index contributed by atoms with van der Waals surface area (Å²) in [7, 11) is -3.67. The lowest BCUT2D eigenvalue weighted by Crippen LogP contribution is -2.05. The van der Waals surface area contributed by atoms with Gasteiger partial charge in [0.25, 0.3) is 0 Å². The van der Waals surface area contributed by atoms with Gasteiger partial charge >= 0.3 is 13.7 Å². The van der Waals surface area contributed by atoms with Gasteiger partial charge in [0.15, 0.2) is 0 Å². The van der Waals surface area contributed by atoms with Crippen LogP contribution in [-0.2, 0) is 9.47 Å². The third-order valence-corrected chi connectivity index (χ3v) is 0.524. The Morgan fingerprint density at radius 1 is 1.17 bits per heavy atom. The predicted molar refractivity (Wildman–Crippen MR) is 37.7 cm³/mol. The molecule has 0 aliphatic heterocycles. The molecular formula is C5H10BF3O3. The molecule has 0 aliphatic carbocycles. The molecule has 0 heterocycles. The van der Waals surface area contributed by atoms with Crippen molar-refractivity contribution in [2.45, 2.75) is 13.8 Å². The molecule has 0 aromatic carbocycles. The van der Waals surface area contributed by atoms with Crippen molar-refractivity contribution in [3.8, 4) is 0 Å². The van der Waals surface area contributed by atoms with E-state index in [-0.39, 0.29) is 0 Å². The second kappa shape index (κ2) is 10.1. The van der Waals surface area contributed by atoms with Gasteiger partial charge in [-0.25, -0.2) is 4.79 Å². The molecule has 0 fully saturated rings. The summed E-state index contributed by atoms with van der Waals surface area (Å²) in [5.41, 5.74) is 0. The van der Waals surface area contributed by atoms with Crippen LogP contribution in [0, 0.1) is 0 Å². The summed E-state index contributed by atoms with van der Waals surface area (Å²) in [6.45, 7) is 4.21. The third kappa shape index (κ3) is 22.9. The van der Waals surface area contributed by atoms with Crippen molar-refractivity contribution in [2.75, 3.05) is 13.2 Å². The first-order chi connectivity index (χ1) is 5.54. The molecular weight excluding hydrogens is 176 g/mol. The van der Waals surface area contributed by atoms with Crippen molar-refractivity contribution in [3.05, 3.63) is 0 Å². The van der Waals surface area contributed by atoms with Gasteiger partial charge in [-0.3, -0.25) is 12.9 Å². The van der Waals surface area contributed by atoms with Crippen LogP contribution in [0.15, 0.2) is 0 Å². The zero-order valence-electron chi connectivity index (χ0n) is 6.85. The van der Waals surface area contributed by atoms with Crippen LogP contribution in [0.1, 0.15) is 13.8 Å². The van der Waals surface area contributed by atoms with E-state index in [0.29, 0.717) is 13.2 Å². The molecule has 7 heteroatoms. The monoisotopic (exact) mass is 186 g/mol. The Kier molecular flexibility index (Phi) is 11.6. The van der Waals surface area contributed by atoms with Crippen LogP contribution in [0.25, 0.3) is 0 Å². The molecule has 0 radical (unpaired) electrons. The zero-order chi connectivity index (χ0) is 9.98. The first-order valence-corrected chi connectivity index (χ1v) is 3.26. The quantitative estimate of drug-likeness (QED) is 0.488. The SMILES string of the molecule is CCOC(=O)OCC.FB(F)F. The van der Waals surface area contributed by atoms with E-state index >= 15 is 0 Å². The summed E-state index contributed by atoms with van der Waals surface area (Å²) >= 11 is 0. The maximum atomic E-state index is 10.2. The Balaban J connectivity index is 0. The number of carbonyl (C=O) groups excluding carboxylic acids is 1. The first-order valence-electron chi connectivity index (χ1n) is 3.26. The summed E-state index contributed by atoms with van der Waals surface area (Å²) in [6.07, 6.45) is -0.588. The lowest BCUT2D eigenvalue weighted by molar-refractivity contribution is 0.0630. The van der Waals surface area contributed by atoms with Crippen molar-refractivity contribution >= 4 is 13.7 Å². The topological polar surface area (TPSA) is 35.5 Å². The van der Waals surface area contributed by atoms with E-state index in [1.807, 2.05) is 0 Å². The van der Waals surface area contributed by atoms with Gasteiger partial charge in [-0.1, -0.05) is 0 Å². The number of halogens is 3. The summed E-state index contributed by atoms with van der Waals surface area (Å²) in [6, 6.07) is 0. The fourth-order valence-corrected chi connectivity index (χ4v) is 0.277. The van der Waals surface area contributed by atoms with Gasteiger partial charge in [0.05, 0.1) is 13.2 Å². The summed E-state index contributed by atoms with van der Waals surface area (Å²) in [5, 5.41) is 0. The van der Waals surface area contributed by atoms with E-state index in [2.05, 4.69) is 9.47 Å². The molecule has 0 atom stereocenters. The highest BCUT2D eigenvalue weighted by Gasteiger charge is 2.06. The minimum atomic E-state index is -3.67. The molecule has 0 saturated heterocycles. The van der Waals surface area contributed by atoms with Gasteiger partial charge in [0, 0.05) is 0 Å². The van der Waals surface area contributed by atoms with Gasteiger partial charge in [-0.2, -0.15) is 0 Å². The van der Waals surface area contributed by atoms with Crippen molar-refractivity contribution in [2.24, 2.45) is 0 Å². The smallest absolute Gasteiger partial charge is 0.435 e. The Morgan fingerprint density at radius 3 is 1.58 bits per heavy atom. The molecule has 0 aromatic heterocycles. The van der Waals surface area contributed by atoms with E-state index in [4.69, 9.17) is 0 Å². The maximum absolute atomic E-state index is 10.2. The predicted octanol–water partition coefficient (Wildman–Crippen LogP) is 2.06. The molecule has 12 heavy (non-hydrogen) atoms. The van der Waals surface area contributed by atoms with Crippen LogP contribution in [-0.4, -0.2) is 26.9 Å². The lowest BCUT2D eigenvalue weighted by Gasteiger charge is -1.98. The Morgan fingerprint density at radius 2 is 1.42 bits per heavy atom. The molecule has 0 amide bonds. The normalized spacial score (nSPS) is 7.75. The molecule has 0 aromatic rings. The fraction of sp³-hybridized carbons (Fsp3) is 0.800. The molecule has 3 nitrogen and oxygen atoms in total. The van der Waals surface area contributed by atoms with Crippen LogP contribution >= 0.6 is 0 Å². The average molecular weight is 186 g/mol. The minimum absolute atomic E-state index is 0.374. The van der Waals surface area contributed by atoms with Gasteiger partial charge < -0.3 is 9.47 Å². The standard InChI is InChI=1S/C5H10O3.BF3/c1-3-7-5(6)8-4-2;2-1(3)4/h3-4H2,1-2H3;. The number of rotatable bonds is 2. The average Bonchev–Trinajstić information content (AvgIpc) is 1.87. The number of ether oxygens (including phenoxy) is 2. The van der Waals surface area contributed by atoms with Gasteiger partial charge in [-0.15, -0.1) is 0 Å². The number of carbonyl (C=O) groups is 1. The molecule has 0 saturated carbocycles. The zero-order valence-corrected chi connectivity index (χ0v) is 6.85. The van der Waals surface area contributed by atoms with Crippen LogP contribution in [0.3, 0.4) is 0 Å². The highest BCUT2D eigenvalue weighted by atomic mass is 19.4. The van der Waals surface area contributed by atoms with Crippen molar-refractivity contribution in [1.82, 2.24) is 0 Å². The van der Waals surface area contributed by atoms with E-state index in [1.54, 1.807) is 13.8 Å². The summed E-state index contributed by atoms with van der Waals surface area (Å²) in [5.74, 6) is 0. The minimum Gasteiger partial charge on any atom is -0.435 e. The third-order valence-electron chi connectivity index (χ3n) is 0.524. The van der Waals surface area contributed by atoms with Gasteiger partial charge in [0.2, 0.25) is 0 Å². The molecule has 0 rings (SSSR count). The van der Waals surface area contributed by atoms with Crippen LogP contribution in [0.4, 0.5) is 17.7 Å². The summed E-state index contributed by atoms with van der Waals surface area (Å²) < 4.78 is 37.8. The molecule has 0 bridgehead atoms. The van der Waals surface area contributed by atoms with Gasteiger partial charge in [0.1, 0.15) is 0 Å². The van der Waals surface area contributed by atoms with E-state index < -0.39 is 13.7 Å². The van der Waals surface area contributed by atoms with Crippen LogP contribution < -0.4 is 0 Å².